The van der Waals surface area contributed by atoms with Crippen LogP contribution in [0.3, 0.4) is 0 Å². The number of hydrogen-bond acceptors (Lipinski definition) is 3. The highest BCUT2D eigenvalue weighted by atomic mass is 79.9. The smallest absolute Gasteiger partial charge is 0.184 e. The molecular weight excluding hydrogens is 458 g/mol. The summed E-state index contributed by atoms with van der Waals surface area (Å²) in [5.41, 5.74) is 15.7. The van der Waals surface area contributed by atoms with Crippen molar-refractivity contribution in [2.75, 3.05) is 0 Å². The van der Waals surface area contributed by atoms with Crippen molar-refractivity contribution in [2.45, 2.75) is 46.0 Å². The number of halogens is 1. The van der Waals surface area contributed by atoms with E-state index in [1.165, 1.54) is 22.3 Å². The van der Waals surface area contributed by atoms with Crippen LogP contribution >= 0.6 is 28.1 Å². The quantitative estimate of drug-likeness (QED) is 0.270. The van der Waals surface area contributed by atoms with E-state index in [2.05, 4.69) is 66.3 Å². The highest BCUT2D eigenvalue weighted by molar-refractivity contribution is 9.10. The molecule has 1 aliphatic carbocycles. The third-order valence-electron chi connectivity index (χ3n) is 6.08. The Hall–Kier alpha value is -2.18. The van der Waals surface area contributed by atoms with Gasteiger partial charge in [0.15, 0.2) is 10.9 Å². The highest BCUT2D eigenvalue weighted by Gasteiger charge is 2.46. The maximum absolute atomic E-state index is 6.14. The Bertz CT molecular complexity index is 1150. The van der Waals surface area contributed by atoms with E-state index in [0.717, 1.165) is 39.8 Å². The lowest BCUT2D eigenvalue weighted by molar-refractivity contribution is 0.214. The Kier molecular flexibility index (Phi) is 5.49. The van der Waals surface area contributed by atoms with Gasteiger partial charge in [0.1, 0.15) is 11.3 Å². The van der Waals surface area contributed by atoms with Crippen molar-refractivity contribution < 1.29 is 4.42 Å². The number of hydrazone groups is 1. The van der Waals surface area contributed by atoms with Gasteiger partial charge in [-0.2, -0.15) is 5.10 Å². The van der Waals surface area contributed by atoms with Crippen molar-refractivity contribution in [3.8, 4) is 0 Å². The van der Waals surface area contributed by atoms with E-state index in [0.29, 0.717) is 0 Å². The number of thiocarbonyl (C=S) groups is 1. The molecule has 4 rings (SSSR count). The minimum absolute atomic E-state index is 0.117. The lowest BCUT2D eigenvalue weighted by atomic mass is 9.57. The van der Waals surface area contributed by atoms with E-state index in [-0.39, 0.29) is 16.4 Å². The van der Waals surface area contributed by atoms with Crippen molar-refractivity contribution in [2.24, 2.45) is 16.8 Å². The number of aryl methyl sites for hydroxylation is 3. The normalized spacial score (nSPS) is 21.5. The Morgan fingerprint density at radius 1 is 1.17 bits per heavy atom. The molecule has 6 heteroatoms. The van der Waals surface area contributed by atoms with Gasteiger partial charge in [0, 0.05) is 15.8 Å². The van der Waals surface area contributed by atoms with E-state index in [4.69, 9.17) is 22.4 Å². The zero-order valence-electron chi connectivity index (χ0n) is 17.7. The topological polar surface area (TPSA) is 63.5 Å². The van der Waals surface area contributed by atoms with E-state index < -0.39 is 0 Å². The van der Waals surface area contributed by atoms with Crippen LogP contribution in [-0.2, 0) is 5.41 Å². The van der Waals surface area contributed by atoms with Gasteiger partial charge in [0.25, 0.3) is 0 Å². The third kappa shape index (κ3) is 3.91. The van der Waals surface area contributed by atoms with Crippen LogP contribution in [-0.4, -0.2) is 10.8 Å². The van der Waals surface area contributed by atoms with Crippen molar-refractivity contribution in [1.29, 1.82) is 0 Å². The zero-order chi connectivity index (χ0) is 21.6. The molecule has 3 N–H and O–H groups in total. The molecule has 4 nitrogen and oxygen atoms in total. The molecule has 0 aliphatic heterocycles. The van der Waals surface area contributed by atoms with Crippen LogP contribution in [0.5, 0.6) is 0 Å². The zero-order valence-corrected chi connectivity index (χ0v) is 20.1. The summed E-state index contributed by atoms with van der Waals surface area (Å²) in [6, 6.07) is 12.6. The third-order valence-corrected chi connectivity index (χ3v) is 6.66. The summed E-state index contributed by atoms with van der Waals surface area (Å²) in [5, 5.41) is 5.73. The van der Waals surface area contributed by atoms with Crippen LogP contribution in [0.1, 0.15) is 47.8 Å². The number of nitrogens with zero attached hydrogens (tertiary/aromatic N) is 1. The molecule has 1 fully saturated rings. The average molecular weight is 484 g/mol. The van der Waals surface area contributed by atoms with Crippen LogP contribution in [0.4, 0.5) is 0 Å². The van der Waals surface area contributed by atoms with Gasteiger partial charge in [-0.05, 0) is 92.2 Å². The molecule has 0 saturated heterocycles. The predicted octanol–water partition coefficient (Wildman–Crippen LogP) is 6.03. The Morgan fingerprint density at radius 3 is 2.47 bits per heavy atom. The summed E-state index contributed by atoms with van der Waals surface area (Å²) < 4.78 is 7.15. The van der Waals surface area contributed by atoms with Gasteiger partial charge in [-0.25, -0.2) is 0 Å². The largest absolute Gasteiger partial charge is 0.455 e. The Labute approximate surface area is 191 Å². The van der Waals surface area contributed by atoms with Gasteiger partial charge in [-0.3, -0.25) is 5.43 Å². The molecule has 0 unspecified atom stereocenters. The molecule has 1 heterocycles. The van der Waals surface area contributed by atoms with E-state index in [1.54, 1.807) is 0 Å². The van der Waals surface area contributed by atoms with Crippen molar-refractivity contribution in [1.82, 2.24) is 5.43 Å². The van der Waals surface area contributed by atoms with Crippen LogP contribution < -0.4 is 11.2 Å². The van der Waals surface area contributed by atoms with Gasteiger partial charge in [-0.15, -0.1) is 0 Å². The average Bonchev–Trinajstić information content (AvgIpc) is 3.01. The summed E-state index contributed by atoms with van der Waals surface area (Å²) in [5.74, 6) is 1.03. The van der Waals surface area contributed by atoms with Crippen molar-refractivity contribution in [3.63, 3.8) is 0 Å². The fourth-order valence-corrected chi connectivity index (χ4v) is 5.59. The monoisotopic (exact) mass is 483 g/mol. The minimum atomic E-state index is 0.117. The molecule has 156 valence electrons. The van der Waals surface area contributed by atoms with Gasteiger partial charge in [0.2, 0.25) is 0 Å². The van der Waals surface area contributed by atoms with Crippen LogP contribution in [0, 0.1) is 26.7 Å². The number of furan rings is 1. The molecule has 0 bridgehead atoms. The van der Waals surface area contributed by atoms with E-state index in [9.17, 15) is 0 Å². The molecular formula is C24H26BrN3OS. The molecule has 30 heavy (non-hydrogen) atoms. The number of fused-ring (bicyclic) bond motifs is 1. The summed E-state index contributed by atoms with van der Waals surface area (Å²) in [4.78, 5) is 0. The maximum atomic E-state index is 6.14. The second kappa shape index (κ2) is 7.82. The van der Waals surface area contributed by atoms with Crippen LogP contribution in [0.15, 0.2) is 50.4 Å². The van der Waals surface area contributed by atoms with Gasteiger partial charge in [-0.1, -0.05) is 40.5 Å². The number of benzene rings is 2. The summed E-state index contributed by atoms with van der Waals surface area (Å²) in [6.45, 7) is 8.94. The predicted molar refractivity (Wildman–Crippen MR) is 131 cm³/mol. The lowest BCUT2D eigenvalue weighted by Gasteiger charge is -2.47. The van der Waals surface area contributed by atoms with Crippen molar-refractivity contribution in [3.05, 3.63) is 68.9 Å². The molecule has 0 atom stereocenters. The highest BCUT2D eigenvalue weighted by Crippen LogP contribution is 2.51. The summed E-state index contributed by atoms with van der Waals surface area (Å²) in [6.07, 6.45) is 1.99. The number of nitrogens with one attached hydrogen (secondary N) is 1. The summed E-state index contributed by atoms with van der Waals surface area (Å²) >= 11 is 8.50. The number of nitrogens with two attached hydrogens (primary N) is 1. The molecule has 0 radical (unpaired) electrons. The molecule has 1 aromatic heterocycles. The lowest BCUT2D eigenvalue weighted by Crippen LogP contribution is -2.44. The molecule has 3 aromatic rings. The molecule has 2 aromatic carbocycles. The second-order valence-electron chi connectivity index (χ2n) is 8.71. The number of rotatable bonds is 4. The fraction of sp³-hybridized carbons (Fsp3) is 0.333. The van der Waals surface area contributed by atoms with Crippen molar-refractivity contribution >= 4 is 49.9 Å². The SMILES string of the molecule is Cc1cc(C)c(C2(C)CC(C(=NNC(N)=S)c3cc4cc(Br)ccc4o3)C2)c(C)c1. The summed E-state index contributed by atoms with van der Waals surface area (Å²) in [7, 11) is 0. The first kappa shape index (κ1) is 21.1. The van der Waals surface area contributed by atoms with Crippen LogP contribution in [0.25, 0.3) is 11.0 Å². The molecule has 0 spiro atoms. The number of hydrogen-bond donors (Lipinski definition) is 2. The minimum Gasteiger partial charge on any atom is -0.455 e. The van der Waals surface area contributed by atoms with E-state index in [1.807, 2.05) is 24.3 Å². The second-order valence-corrected chi connectivity index (χ2v) is 10.1. The maximum Gasteiger partial charge on any atom is 0.184 e. The van der Waals surface area contributed by atoms with Crippen LogP contribution in [0.2, 0.25) is 0 Å². The first-order chi connectivity index (χ1) is 14.2. The van der Waals surface area contributed by atoms with Gasteiger partial charge >= 0.3 is 0 Å². The molecule has 0 amide bonds. The van der Waals surface area contributed by atoms with Gasteiger partial charge < -0.3 is 10.2 Å². The first-order valence-electron chi connectivity index (χ1n) is 10.1. The Morgan fingerprint density at radius 2 is 1.83 bits per heavy atom. The first-order valence-corrected chi connectivity index (χ1v) is 11.3. The van der Waals surface area contributed by atoms with E-state index >= 15 is 0 Å². The fourth-order valence-electron chi connectivity index (χ4n) is 5.16. The van der Waals surface area contributed by atoms with Gasteiger partial charge in [0.05, 0.1) is 0 Å². The Balaban J connectivity index is 1.67. The molecule has 1 saturated carbocycles. The molecule has 1 aliphatic rings. The standard InChI is InChI=1S/C24H26BrN3OS/c1-13-7-14(2)21(15(3)8-13)24(4)11-17(12-24)22(27-28-23(26)30)20-10-16-9-18(25)5-6-19(16)29-20/h5-10,17H,11-12H2,1-4H3,(H3,26,28,30).